The summed E-state index contributed by atoms with van der Waals surface area (Å²) in [6, 6.07) is 5.30. The second-order valence-electron chi connectivity index (χ2n) is 18.7. The van der Waals surface area contributed by atoms with Gasteiger partial charge in [0.2, 0.25) is 17.7 Å². The molecule has 67 heavy (non-hydrogen) atoms. The lowest BCUT2D eigenvalue weighted by atomic mass is 9.84. The average molecular weight is 950 g/mol. The summed E-state index contributed by atoms with van der Waals surface area (Å²) in [7, 11) is 3.04. The molecule has 3 aliphatic heterocycles. The summed E-state index contributed by atoms with van der Waals surface area (Å²) in [6.07, 6.45) is -1.19. The van der Waals surface area contributed by atoms with Crippen LogP contribution >= 0.6 is 11.5 Å². The first-order valence-electron chi connectivity index (χ1n) is 22.5. The molecule has 360 valence electrons. The van der Waals surface area contributed by atoms with Crippen LogP contribution in [0, 0.1) is 17.3 Å². The largest absolute Gasteiger partial charge is 0.464 e. The van der Waals surface area contributed by atoms with Crippen LogP contribution in [0.2, 0.25) is 0 Å². The molecule has 3 aliphatic rings. The molecule has 4 amide bonds. The van der Waals surface area contributed by atoms with Gasteiger partial charge in [0.15, 0.2) is 0 Å². The van der Waals surface area contributed by atoms with E-state index in [1.54, 1.807) is 62.2 Å². The van der Waals surface area contributed by atoms with Crippen LogP contribution in [-0.4, -0.2) is 128 Å². The third kappa shape index (κ3) is 10.7. The highest BCUT2D eigenvalue weighted by molar-refractivity contribution is 7.09. The number of esters is 1. The highest BCUT2D eigenvalue weighted by atomic mass is 32.1. The van der Waals surface area contributed by atoms with Crippen molar-refractivity contribution in [3.05, 3.63) is 66.3 Å². The molecule has 6 bridgehead atoms. The minimum atomic E-state index is -4.60. The van der Waals surface area contributed by atoms with Gasteiger partial charge in [-0.3, -0.25) is 34.0 Å². The van der Waals surface area contributed by atoms with Gasteiger partial charge in [-0.2, -0.15) is 17.5 Å². The van der Waals surface area contributed by atoms with Crippen molar-refractivity contribution in [2.75, 3.05) is 40.4 Å². The number of methoxy groups -OCH3 is 1. The van der Waals surface area contributed by atoms with Crippen molar-refractivity contribution in [3.8, 4) is 21.8 Å². The van der Waals surface area contributed by atoms with Crippen molar-refractivity contribution in [1.29, 1.82) is 0 Å². The first kappa shape index (κ1) is 49.2. The Balaban J connectivity index is 1.30. The van der Waals surface area contributed by atoms with Gasteiger partial charge in [-0.1, -0.05) is 34.3 Å². The number of nitrogens with one attached hydrogen (secondary N) is 2. The number of likely N-dealkylation sites (N-methyl/N-ethyl adjacent to an activating group) is 1. The van der Waals surface area contributed by atoms with Crippen molar-refractivity contribution in [2.45, 2.75) is 104 Å². The van der Waals surface area contributed by atoms with Gasteiger partial charge in [-0.25, -0.2) is 10.4 Å². The number of aromatic nitrogens is 4. The van der Waals surface area contributed by atoms with Crippen molar-refractivity contribution >= 4 is 52.0 Å². The lowest BCUT2D eigenvalue weighted by molar-refractivity contribution is -0.155. The first-order chi connectivity index (χ1) is 31.7. The average Bonchev–Trinajstić information content (AvgIpc) is 4.05. The summed E-state index contributed by atoms with van der Waals surface area (Å²) in [5.41, 5.74) is 4.88. The Morgan fingerprint density at radius 2 is 1.91 bits per heavy atom. The number of hydrogen-bond donors (Lipinski definition) is 2. The van der Waals surface area contributed by atoms with Crippen LogP contribution in [0.15, 0.2) is 49.2 Å². The molecule has 20 heteroatoms. The summed E-state index contributed by atoms with van der Waals surface area (Å²) in [6.45, 7) is 12.0. The van der Waals surface area contributed by atoms with E-state index in [0.29, 0.717) is 69.8 Å². The van der Waals surface area contributed by atoms with Crippen LogP contribution in [0.4, 0.5) is 13.2 Å². The molecular formula is C47H58F3N9O7S. The number of cyclic esters (lactones) is 1. The number of likely N-dealkylation sites (tertiary alicyclic amines) is 1. The zero-order chi connectivity index (χ0) is 48.5. The molecule has 0 spiro atoms. The Kier molecular flexibility index (Phi) is 14.6. The Morgan fingerprint density at radius 3 is 2.61 bits per heavy atom. The zero-order valence-corrected chi connectivity index (χ0v) is 39.6. The molecule has 0 aliphatic carbocycles. The Hall–Kier alpha value is -5.73. The molecule has 1 aromatic carbocycles. The predicted octanol–water partition coefficient (Wildman–Crippen LogP) is 5.66. The molecule has 7 rings (SSSR count). The fraction of sp³-hybridized carbons (Fsp3) is 0.532. The molecular weight excluding hydrogens is 892 g/mol. The summed E-state index contributed by atoms with van der Waals surface area (Å²) >= 11 is 1.04. The first-order valence-corrected chi connectivity index (χ1v) is 23.2. The van der Waals surface area contributed by atoms with E-state index in [-0.39, 0.29) is 50.2 Å². The number of carbonyl (C=O) groups is 5. The molecule has 0 unspecified atom stereocenters. The Labute approximate surface area is 391 Å². The molecule has 0 radical (unpaired) electrons. The van der Waals surface area contributed by atoms with E-state index in [1.807, 2.05) is 13.8 Å². The van der Waals surface area contributed by atoms with E-state index in [0.717, 1.165) is 11.5 Å². The number of hydrogen-bond acceptors (Lipinski definition) is 12. The number of nitrogens with zero attached hydrogens (tertiary/aromatic N) is 7. The molecule has 0 saturated carbocycles. The van der Waals surface area contributed by atoms with Crippen molar-refractivity contribution in [3.63, 3.8) is 0 Å². The minimum absolute atomic E-state index is 0.109. The maximum absolute atomic E-state index is 14.6. The quantitative estimate of drug-likeness (QED) is 0.148. The van der Waals surface area contributed by atoms with Gasteiger partial charge in [0.25, 0.3) is 5.91 Å². The second-order valence-corrected chi connectivity index (χ2v) is 19.5. The van der Waals surface area contributed by atoms with Gasteiger partial charge in [0.1, 0.15) is 35.5 Å². The van der Waals surface area contributed by atoms with Gasteiger partial charge in [0.05, 0.1) is 30.0 Å². The third-order valence-corrected chi connectivity index (χ3v) is 13.5. The molecule has 16 nitrogen and oxygen atoms in total. The predicted molar refractivity (Wildman–Crippen MR) is 244 cm³/mol. The van der Waals surface area contributed by atoms with E-state index in [1.165, 1.54) is 34.7 Å². The molecule has 2 fully saturated rings. The highest BCUT2D eigenvalue weighted by Gasteiger charge is 2.41. The van der Waals surface area contributed by atoms with Crippen LogP contribution in [0.25, 0.3) is 32.7 Å². The van der Waals surface area contributed by atoms with Crippen LogP contribution in [0.1, 0.15) is 77.1 Å². The number of hydrazine groups is 1. The fourth-order valence-electron chi connectivity index (χ4n) is 9.38. The molecule has 2 N–H and O–H groups in total. The topological polar surface area (TPSA) is 181 Å². The van der Waals surface area contributed by atoms with Crippen LogP contribution < -0.4 is 10.7 Å². The zero-order valence-electron chi connectivity index (χ0n) is 38.8. The van der Waals surface area contributed by atoms with Gasteiger partial charge < -0.3 is 29.2 Å². The Morgan fingerprint density at radius 1 is 1.15 bits per heavy atom. The summed E-state index contributed by atoms with van der Waals surface area (Å²) < 4.78 is 61.3. The molecule has 4 aromatic rings. The molecule has 5 atom stereocenters. The summed E-state index contributed by atoms with van der Waals surface area (Å²) in [4.78, 5) is 81.2. The summed E-state index contributed by atoms with van der Waals surface area (Å²) in [5.74, 6) is -3.09. The van der Waals surface area contributed by atoms with Crippen LogP contribution in [0.3, 0.4) is 0 Å². The smallest absolute Gasteiger partial charge is 0.406 e. The number of rotatable bonds is 10. The van der Waals surface area contributed by atoms with Gasteiger partial charge in [-0.15, -0.1) is 0 Å². The number of benzene rings is 1. The lowest BCUT2D eigenvalue weighted by Gasteiger charge is -2.36. The maximum Gasteiger partial charge on any atom is 0.406 e. The van der Waals surface area contributed by atoms with Gasteiger partial charge >= 0.3 is 12.1 Å². The maximum atomic E-state index is 14.6. The normalized spacial score (nSPS) is 21.1. The van der Waals surface area contributed by atoms with Crippen molar-refractivity contribution in [1.82, 2.24) is 44.5 Å². The van der Waals surface area contributed by atoms with E-state index >= 15 is 0 Å². The monoisotopic (exact) mass is 949 g/mol. The van der Waals surface area contributed by atoms with Gasteiger partial charge in [0, 0.05) is 73.9 Å². The number of amides is 4. The molecule has 3 aromatic heterocycles. The highest BCUT2D eigenvalue weighted by Crippen LogP contribution is 2.43. The number of fused-ring (bicyclic) bond motifs is 6. The number of alkyl halides is 3. The number of carbonyl (C=O) groups excluding carboxylic acids is 5. The minimum Gasteiger partial charge on any atom is -0.464 e. The molecule has 2 saturated heterocycles. The Bertz CT molecular complexity index is 2540. The lowest BCUT2D eigenvalue weighted by Crippen LogP contribution is -2.62. The van der Waals surface area contributed by atoms with E-state index in [2.05, 4.69) is 26.7 Å². The SMILES string of the molecule is C=CC(=O)N1CC[C@H](C(=O)N(C)[C@H](C(=O)N[C@H]2Cc3nsc(n3)-c3ccc4c(c3)c(c(-c3cccnc3[C@H](C)OC)n4CC(F)(F)F)CC(C)(C)COC(=O)[C@@H]3CCCN(N3)C2=O)C(C)C)C1. The third-order valence-electron chi connectivity index (χ3n) is 12.7. The number of pyridine rings is 1. The van der Waals surface area contributed by atoms with E-state index < -0.39 is 72.0 Å². The van der Waals surface area contributed by atoms with E-state index in [4.69, 9.17) is 14.5 Å². The number of halogens is 3. The van der Waals surface area contributed by atoms with Crippen LogP contribution in [-0.2, 0) is 52.8 Å². The number of ether oxygens (including phenoxy) is 2. The molecule has 6 heterocycles. The van der Waals surface area contributed by atoms with Crippen molar-refractivity contribution < 1.29 is 46.6 Å². The van der Waals surface area contributed by atoms with Crippen LogP contribution in [0.5, 0.6) is 0 Å². The van der Waals surface area contributed by atoms with E-state index in [9.17, 15) is 37.1 Å². The van der Waals surface area contributed by atoms with Crippen molar-refractivity contribution in [2.24, 2.45) is 17.3 Å². The summed E-state index contributed by atoms with van der Waals surface area (Å²) in [5, 5.41) is 5.14. The van der Waals surface area contributed by atoms with Gasteiger partial charge in [-0.05, 0) is 92.0 Å². The fourth-order valence-corrected chi connectivity index (χ4v) is 10.1. The second kappa shape index (κ2) is 19.9. The standard InChI is InChI=1S/C47H58F3N9O7S/c1-9-37(60)57-19-16-29(23-57)43(62)56(7)39(26(2)3)41(61)52-34-21-36-53-42(67-55-36)28-14-15-35-31(20-28)32(22-46(5,6)25-66-45(64)33-13-11-18-59(54-33)44(34)63)40(58(35)24-47(48,49)50)30-12-10-17-51-38(30)27(4)65-8/h9-10,12,14-15,17,20,26-27,29,33-34,39,54H,1,11,13,16,18-19,21-25H2,2-8H3,(H,52,61)/t27-,29-,33-,34-,39-/m0/s1.